The number of pyridine rings is 2. The van der Waals surface area contributed by atoms with Gasteiger partial charge in [0.1, 0.15) is 11.2 Å². The van der Waals surface area contributed by atoms with Gasteiger partial charge in [-0.15, -0.1) is 0 Å². The fraction of sp³-hybridized carbons (Fsp3) is 0. The molecule has 6 aromatic carbocycles. The van der Waals surface area contributed by atoms with E-state index >= 15 is 0 Å². The third kappa shape index (κ3) is 6.11. The fourth-order valence-electron chi connectivity index (χ4n) is 7.11. The molecule has 0 saturated heterocycles. The minimum absolute atomic E-state index is 0.545. The van der Waals surface area contributed by atoms with Gasteiger partial charge in [-0.25, -0.2) is 15.0 Å². The standard InChI is InChI=1S/C49H31N5O/c1-3-12-36(13-4-1)47-52-48(37-14-5-2-6-15-37)54-49(53-47)40-17-11-16-39-42-31-38(32-20-24-34(25-21-32)43-18-7-9-28-50-43)30-41(46(42)55-45(39)40)33-22-26-35(27-23-33)44-19-8-10-29-51-44/h1-31H. The van der Waals surface area contributed by atoms with Gasteiger partial charge in [-0.3, -0.25) is 9.97 Å². The number of aromatic nitrogens is 5. The zero-order valence-electron chi connectivity index (χ0n) is 29.5. The van der Waals surface area contributed by atoms with Gasteiger partial charge in [0.05, 0.1) is 17.0 Å². The van der Waals surface area contributed by atoms with Crippen LogP contribution in [0.1, 0.15) is 0 Å². The lowest BCUT2D eigenvalue weighted by atomic mass is 9.94. The van der Waals surface area contributed by atoms with Crippen molar-refractivity contribution in [1.82, 2.24) is 24.9 Å². The number of hydrogen-bond acceptors (Lipinski definition) is 6. The molecule has 0 atom stereocenters. The average Bonchev–Trinajstić information content (AvgIpc) is 3.66. The molecule has 0 aliphatic carbocycles. The van der Waals surface area contributed by atoms with Crippen molar-refractivity contribution < 1.29 is 4.42 Å². The Labute approximate surface area is 317 Å². The van der Waals surface area contributed by atoms with Gasteiger partial charge in [0.25, 0.3) is 0 Å². The quantitative estimate of drug-likeness (QED) is 0.164. The van der Waals surface area contributed by atoms with Crippen LogP contribution in [0.5, 0.6) is 0 Å². The molecule has 10 rings (SSSR count). The maximum Gasteiger partial charge on any atom is 0.167 e. The normalized spacial score (nSPS) is 11.3. The average molecular weight is 706 g/mol. The molecule has 0 aliphatic rings. The minimum Gasteiger partial charge on any atom is -0.455 e. The third-order valence-corrected chi connectivity index (χ3v) is 9.87. The van der Waals surface area contributed by atoms with Crippen molar-refractivity contribution in [3.05, 3.63) is 188 Å². The maximum absolute atomic E-state index is 6.98. The van der Waals surface area contributed by atoms with E-state index in [1.165, 1.54) is 0 Å². The van der Waals surface area contributed by atoms with E-state index in [1.54, 1.807) is 0 Å². The van der Waals surface area contributed by atoms with E-state index in [4.69, 9.17) is 19.4 Å². The Morgan fingerprint density at radius 3 is 1.38 bits per heavy atom. The number of hydrogen-bond donors (Lipinski definition) is 0. The van der Waals surface area contributed by atoms with Gasteiger partial charge in [0.2, 0.25) is 0 Å². The first kappa shape index (κ1) is 32.1. The van der Waals surface area contributed by atoms with Crippen LogP contribution >= 0.6 is 0 Å². The summed E-state index contributed by atoms with van der Waals surface area (Å²) in [7, 11) is 0. The van der Waals surface area contributed by atoms with Crippen LogP contribution in [-0.4, -0.2) is 24.9 Å². The number of rotatable bonds is 7. The van der Waals surface area contributed by atoms with Crippen LogP contribution in [0.3, 0.4) is 0 Å². The molecule has 258 valence electrons. The molecule has 55 heavy (non-hydrogen) atoms. The van der Waals surface area contributed by atoms with Crippen LogP contribution in [0, 0.1) is 0 Å². The molecule has 4 heterocycles. The molecular weight excluding hydrogens is 675 g/mol. The molecule has 0 spiro atoms. The third-order valence-electron chi connectivity index (χ3n) is 9.87. The molecule has 0 fully saturated rings. The molecule has 0 bridgehead atoms. The van der Waals surface area contributed by atoms with Gasteiger partial charge in [-0.2, -0.15) is 0 Å². The number of nitrogens with zero attached hydrogens (tertiary/aromatic N) is 5. The summed E-state index contributed by atoms with van der Waals surface area (Å²) in [6.45, 7) is 0. The molecule has 6 heteroatoms. The van der Waals surface area contributed by atoms with E-state index in [-0.39, 0.29) is 0 Å². The van der Waals surface area contributed by atoms with Crippen molar-refractivity contribution in [2.75, 3.05) is 0 Å². The smallest absolute Gasteiger partial charge is 0.167 e. The van der Waals surface area contributed by atoms with E-state index < -0.39 is 0 Å². The number of furan rings is 1. The van der Waals surface area contributed by atoms with Crippen molar-refractivity contribution >= 4 is 21.9 Å². The molecule has 0 unspecified atom stereocenters. The zero-order chi connectivity index (χ0) is 36.6. The fourth-order valence-corrected chi connectivity index (χ4v) is 7.11. The monoisotopic (exact) mass is 705 g/mol. The second-order valence-electron chi connectivity index (χ2n) is 13.3. The van der Waals surface area contributed by atoms with Gasteiger partial charge in [-0.05, 0) is 59.2 Å². The molecule has 0 amide bonds. The Bertz CT molecular complexity index is 2870. The number of benzene rings is 6. The summed E-state index contributed by atoms with van der Waals surface area (Å²) in [5.74, 6) is 1.74. The highest BCUT2D eigenvalue weighted by molar-refractivity contribution is 6.14. The Kier molecular flexibility index (Phi) is 8.04. The van der Waals surface area contributed by atoms with E-state index in [0.29, 0.717) is 17.5 Å². The molecule has 10 aromatic rings. The van der Waals surface area contributed by atoms with Crippen LogP contribution in [0.2, 0.25) is 0 Å². The maximum atomic E-state index is 6.98. The molecule has 0 N–H and O–H groups in total. The minimum atomic E-state index is 0.545. The van der Waals surface area contributed by atoms with Crippen LogP contribution in [0.4, 0.5) is 0 Å². The largest absolute Gasteiger partial charge is 0.455 e. The van der Waals surface area contributed by atoms with Crippen molar-refractivity contribution in [1.29, 1.82) is 0 Å². The summed E-state index contributed by atoms with van der Waals surface area (Å²) in [5, 5.41) is 1.99. The Morgan fingerprint density at radius 1 is 0.309 bits per heavy atom. The van der Waals surface area contributed by atoms with Crippen molar-refractivity contribution in [3.8, 4) is 78.9 Å². The lowest BCUT2D eigenvalue weighted by Gasteiger charge is -2.10. The Morgan fingerprint density at radius 2 is 0.818 bits per heavy atom. The van der Waals surface area contributed by atoms with Crippen molar-refractivity contribution in [3.63, 3.8) is 0 Å². The second kappa shape index (κ2) is 13.8. The van der Waals surface area contributed by atoms with E-state index in [2.05, 4.69) is 82.8 Å². The van der Waals surface area contributed by atoms with Gasteiger partial charge in [0, 0.05) is 51.0 Å². The topological polar surface area (TPSA) is 77.6 Å². The van der Waals surface area contributed by atoms with Gasteiger partial charge >= 0.3 is 0 Å². The van der Waals surface area contributed by atoms with E-state index in [1.807, 2.05) is 116 Å². The summed E-state index contributed by atoms with van der Waals surface area (Å²) in [6, 6.07) is 59.7. The second-order valence-corrected chi connectivity index (χ2v) is 13.3. The van der Waals surface area contributed by atoms with Gasteiger partial charge in [-0.1, -0.05) is 133 Å². The SMILES string of the molecule is c1ccc(-c2nc(-c3ccccc3)nc(-c3cccc4c3oc3c(-c5ccc(-c6ccccn6)cc5)cc(-c5ccc(-c6ccccn6)cc5)cc34)n2)cc1. The highest BCUT2D eigenvalue weighted by atomic mass is 16.3. The predicted molar refractivity (Wildman–Crippen MR) is 221 cm³/mol. The van der Waals surface area contributed by atoms with E-state index in [9.17, 15) is 0 Å². The number of fused-ring (bicyclic) bond motifs is 3. The summed E-state index contributed by atoms with van der Waals surface area (Å²) < 4.78 is 6.98. The molecular formula is C49H31N5O. The van der Waals surface area contributed by atoms with Gasteiger partial charge < -0.3 is 4.42 Å². The van der Waals surface area contributed by atoms with Crippen LogP contribution in [-0.2, 0) is 0 Å². The Hall–Kier alpha value is -7.57. The first-order chi connectivity index (χ1) is 27.2. The highest BCUT2D eigenvalue weighted by Gasteiger charge is 2.21. The van der Waals surface area contributed by atoms with Crippen molar-refractivity contribution in [2.24, 2.45) is 0 Å². The van der Waals surface area contributed by atoms with Gasteiger partial charge in [0.15, 0.2) is 17.5 Å². The van der Waals surface area contributed by atoms with Crippen LogP contribution in [0.25, 0.3) is 101 Å². The number of para-hydroxylation sites is 1. The Balaban J connectivity index is 1.17. The molecule has 4 aromatic heterocycles. The molecule has 6 nitrogen and oxygen atoms in total. The van der Waals surface area contributed by atoms with Crippen LogP contribution < -0.4 is 0 Å². The predicted octanol–water partition coefficient (Wildman–Crippen LogP) is 12.2. The zero-order valence-corrected chi connectivity index (χ0v) is 29.5. The van der Waals surface area contributed by atoms with E-state index in [0.717, 1.165) is 83.4 Å². The molecule has 0 saturated carbocycles. The first-order valence-corrected chi connectivity index (χ1v) is 18.2. The molecule has 0 radical (unpaired) electrons. The summed E-state index contributed by atoms with van der Waals surface area (Å²) in [4.78, 5) is 24.1. The lowest BCUT2D eigenvalue weighted by Crippen LogP contribution is -2.00. The lowest BCUT2D eigenvalue weighted by molar-refractivity contribution is 0.670. The van der Waals surface area contributed by atoms with Crippen molar-refractivity contribution in [2.45, 2.75) is 0 Å². The molecule has 0 aliphatic heterocycles. The first-order valence-electron chi connectivity index (χ1n) is 18.2. The summed E-state index contributed by atoms with van der Waals surface area (Å²) >= 11 is 0. The highest BCUT2D eigenvalue weighted by Crippen LogP contribution is 2.43. The summed E-state index contributed by atoms with van der Waals surface area (Å²) in [5.41, 5.74) is 12.3. The summed E-state index contributed by atoms with van der Waals surface area (Å²) in [6.07, 6.45) is 3.64. The van der Waals surface area contributed by atoms with Crippen LogP contribution in [0.15, 0.2) is 193 Å².